The van der Waals surface area contributed by atoms with Gasteiger partial charge in [0.05, 0.1) is 25.9 Å². The molecule has 1 aromatic rings. The van der Waals surface area contributed by atoms with Crippen LogP contribution >= 0.6 is 0 Å². The summed E-state index contributed by atoms with van der Waals surface area (Å²) in [6.45, 7) is -0.570. The van der Waals surface area contributed by atoms with Crippen LogP contribution in [0.4, 0.5) is 14.5 Å². The molecule has 0 spiro atoms. The van der Waals surface area contributed by atoms with Crippen LogP contribution in [0.1, 0.15) is 68.1 Å². The maximum absolute atomic E-state index is 15.0. The number of nitrogens with zero attached hydrogens (tertiary/aromatic N) is 5. The number of hydrogen-bond acceptors (Lipinski definition) is 8. The third-order valence-corrected chi connectivity index (χ3v) is 9.86. The largest absolute Gasteiger partial charge is 0.495 e. The van der Waals surface area contributed by atoms with E-state index in [1.165, 1.54) is 27.0 Å². The number of rotatable bonds is 5. The fourth-order valence-corrected chi connectivity index (χ4v) is 7.42. The molecule has 42 heavy (non-hydrogen) atoms. The van der Waals surface area contributed by atoms with Gasteiger partial charge >= 0.3 is 5.92 Å². The molecular weight excluding hydrogens is 544 g/mol. The Bertz CT molecular complexity index is 1270. The maximum atomic E-state index is 15.0. The third-order valence-electron chi connectivity index (χ3n) is 9.86. The number of amides is 2. The molecule has 228 valence electrons. The summed E-state index contributed by atoms with van der Waals surface area (Å²) < 4.78 is 35.6. The summed E-state index contributed by atoms with van der Waals surface area (Å²) in [5, 5.41) is 6.39. The van der Waals surface area contributed by atoms with Gasteiger partial charge in [-0.3, -0.25) is 9.59 Å². The van der Waals surface area contributed by atoms with E-state index in [1.54, 1.807) is 23.1 Å². The van der Waals surface area contributed by atoms with E-state index in [0.29, 0.717) is 34.9 Å². The van der Waals surface area contributed by atoms with Gasteiger partial charge in [-0.1, -0.05) is 19.3 Å². The van der Waals surface area contributed by atoms with E-state index in [9.17, 15) is 9.59 Å². The molecule has 3 atom stereocenters. The first-order valence-electron chi connectivity index (χ1n) is 15.2. The maximum Gasteiger partial charge on any atom is 0.341 e. The minimum absolute atomic E-state index is 0.100. The van der Waals surface area contributed by atoms with Crippen LogP contribution < -0.4 is 15.4 Å². The molecule has 3 saturated heterocycles. The highest BCUT2D eigenvalue weighted by molar-refractivity contribution is 6.08. The molecule has 10 nitrogen and oxygen atoms in total. The zero-order chi connectivity index (χ0) is 29.6. The number of anilines is 1. The quantitative estimate of drug-likeness (QED) is 0.550. The number of fused-ring (bicyclic) bond motifs is 3. The summed E-state index contributed by atoms with van der Waals surface area (Å²) in [6, 6.07) is 5.61. The van der Waals surface area contributed by atoms with E-state index in [2.05, 4.69) is 27.6 Å². The lowest BCUT2D eigenvalue weighted by atomic mass is 9.93. The number of halogens is 2. The molecule has 4 heterocycles. The predicted octanol–water partition coefficient (Wildman–Crippen LogP) is 3.34. The van der Waals surface area contributed by atoms with Crippen molar-refractivity contribution < 1.29 is 23.1 Å². The molecule has 12 heteroatoms. The van der Waals surface area contributed by atoms with Crippen molar-refractivity contribution in [3.63, 3.8) is 0 Å². The predicted molar refractivity (Wildman–Crippen MR) is 156 cm³/mol. The van der Waals surface area contributed by atoms with Gasteiger partial charge in [0.15, 0.2) is 0 Å². The molecule has 1 saturated carbocycles. The van der Waals surface area contributed by atoms with Crippen LogP contribution in [0, 0.1) is 0 Å². The van der Waals surface area contributed by atoms with Crippen molar-refractivity contribution in [2.24, 2.45) is 9.98 Å². The molecule has 1 aliphatic carbocycles. The summed E-state index contributed by atoms with van der Waals surface area (Å²) in [5.74, 6) is -3.71. The number of guanidine groups is 1. The topological polar surface area (TPSA) is 102 Å². The molecule has 0 aromatic heterocycles. The van der Waals surface area contributed by atoms with Gasteiger partial charge in [-0.15, -0.1) is 0 Å². The molecule has 1 aromatic carbocycles. The number of amidine groups is 1. The molecular formula is C30H41F2N7O3. The van der Waals surface area contributed by atoms with Gasteiger partial charge in [-0.2, -0.15) is 13.8 Å². The van der Waals surface area contributed by atoms with Crippen LogP contribution in [-0.2, 0) is 4.79 Å². The van der Waals surface area contributed by atoms with E-state index in [0.717, 1.165) is 49.8 Å². The van der Waals surface area contributed by atoms with Gasteiger partial charge in [0.25, 0.3) is 11.8 Å². The van der Waals surface area contributed by atoms with Crippen LogP contribution in [0.15, 0.2) is 28.2 Å². The van der Waals surface area contributed by atoms with Crippen LogP contribution in [0.5, 0.6) is 5.75 Å². The van der Waals surface area contributed by atoms with Crippen molar-refractivity contribution in [3.05, 3.63) is 23.8 Å². The summed E-state index contributed by atoms with van der Waals surface area (Å²) in [4.78, 5) is 40.2. The Morgan fingerprint density at radius 3 is 2.45 bits per heavy atom. The second-order valence-electron chi connectivity index (χ2n) is 12.4. The van der Waals surface area contributed by atoms with Gasteiger partial charge in [0.1, 0.15) is 17.6 Å². The fraction of sp³-hybridized carbons (Fsp3) is 0.667. The number of hydrogen-bond donors (Lipinski definition) is 2. The molecule has 0 radical (unpaired) electrons. The van der Waals surface area contributed by atoms with E-state index in [1.807, 2.05) is 0 Å². The van der Waals surface area contributed by atoms with Gasteiger partial charge < -0.3 is 30.1 Å². The number of aliphatic imine (C=N–C) groups is 2. The van der Waals surface area contributed by atoms with Gasteiger partial charge in [-0.05, 0) is 63.8 Å². The van der Waals surface area contributed by atoms with Crippen molar-refractivity contribution in [2.75, 3.05) is 39.6 Å². The molecule has 2 amide bonds. The van der Waals surface area contributed by atoms with Crippen LogP contribution in [0.3, 0.4) is 0 Å². The van der Waals surface area contributed by atoms with E-state index >= 15 is 8.78 Å². The molecule has 2 bridgehead atoms. The lowest BCUT2D eigenvalue weighted by Crippen LogP contribution is -2.53. The minimum atomic E-state index is -3.51. The number of piperidine rings is 1. The monoisotopic (exact) mass is 585 g/mol. The first-order valence-corrected chi connectivity index (χ1v) is 15.2. The summed E-state index contributed by atoms with van der Waals surface area (Å²) >= 11 is 0. The average molecular weight is 586 g/mol. The molecule has 3 unspecified atom stereocenters. The molecule has 5 aliphatic rings. The third kappa shape index (κ3) is 5.45. The van der Waals surface area contributed by atoms with Gasteiger partial charge in [0.2, 0.25) is 5.96 Å². The number of carbonyl (C=O) groups is 2. The lowest BCUT2D eigenvalue weighted by molar-refractivity contribution is -0.156. The van der Waals surface area contributed by atoms with Crippen molar-refractivity contribution >= 4 is 29.3 Å². The number of likely N-dealkylation sites (N-methyl/N-ethyl adjacent to an activating group) is 1. The Kier molecular flexibility index (Phi) is 7.84. The van der Waals surface area contributed by atoms with Crippen molar-refractivity contribution in [1.29, 1.82) is 0 Å². The zero-order valence-corrected chi connectivity index (χ0v) is 24.6. The molecule has 4 aliphatic heterocycles. The number of carbonyl (C=O) groups excluding carboxylic acids is 2. The zero-order valence-electron chi connectivity index (χ0n) is 24.6. The van der Waals surface area contributed by atoms with Crippen molar-refractivity contribution in [1.82, 2.24) is 20.0 Å². The Morgan fingerprint density at radius 1 is 1.05 bits per heavy atom. The number of ether oxygens (including phenoxy) is 1. The van der Waals surface area contributed by atoms with Crippen LogP contribution in [0.25, 0.3) is 0 Å². The number of methoxy groups -OCH3 is 1. The SMILES string of the molecule is COc1cc(C(=O)NC2CC3CCC(C2)N3C)ccc1NC1=NCC2C(=N1)N(C1CCCCC1)CC(F)(F)C(=O)N2C. The smallest absolute Gasteiger partial charge is 0.341 e. The molecule has 6 rings (SSSR count). The van der Waals surface area contributed by atoms with Crippen molar-refractivity contribution in [3.8, 4) is 5.75 Å². The Morgan fingerprint density at radius 2 is 1.76 bits per heavy atom. The number of alkyl halides is 2. The highest BCUT2D eigenvalue weighted by atomic mass is 19.3. The van der Waals surface area contributed by atoms with Crippen molar-refractivity contribution in [2.45, 2.75) is 93.9 Å². The highest BCUT2D eigenvalue weighted by Gasteiger charge is 2.51. The minimum Gasteiger partial charge on any atom is -0.495 e. The second kappa shape index (κ2) is 11.4. The summed E-state index contributed by atoms with van der Waals surface area (Å²) in [7, 11) is 5.10. The number of nitrogens with one attached hydrogen (secondary N) is 2. The summed E-state index contributed by atoms with van der Waals surface area (Å²) in [6.07, 6.45) is 8.87. The van der Waals surface area contributed by atoms with Crippen LogP contribution in [-0.4, -0.2) is 109 Å². The van der Waals surface area contributed by atoms with Crippen LogP contribution in [0.2, 0.25) is 0 Å². The van der Waals surface area contributed by atoms with Gasteiger partial charge in [0, 0.05) is 36.8 Å². The highest BCUT2D eigenvalue weighted by Crippen LogP contribution is 2.35. The average Bonchev–Trinajstić information content (AvgIpc) is 3.15. The summed E-state index contributed by atoms with van der Waals surface area (Å²) in [5.41, 5.74) is 1.05. The first-order chi connectivity index (χ1) is 20.1. The normalized spacial score (nSPS) is 29.8. The molecule has 4 fully saturated rings. The standard InChI is InChI=1S/C30H41F2N7O3/c1-37-21-10-11-22(37)15-19(14-21)34-27(40)18-9-12-23(25(13-18)42-3)35-29-33-16-24-26(36-29)39(20-7-5-4-6-8-20)17-30(31,32)28(41)38(24)2/h9,12-13,19-22,24H,4-8,10-11,14-17H2,1-3H3,(H,33,35)(H,34,40). The fourth-order valence-electron chi connectivity index (χ4n) is 7.42. The van der Waals surface area contributed by atoms with E-state index in [-0.39, 0.29) is 30.5 Å². The Balaban J connectivity index is 1.20. The lowest BCUT2D eigenvalue weighted by Gasteiger charge is -2.39. The van der Waals surface area contributed by atoms with E-state index in [4.69, 9.17) is 9.73 Å². The van der Waals surface area contributed by atoms with Gasteiger partial charge in [-0.25, -0.2) is 4.99 Å². The second-order valence-corrected chi connectivity index (χ2v) is 12.4. The number of benzene rings is 1. The van der Waals surface area contributed by atoms with E-state index < -0.39 is 24.4 Å². The Hall–Kier alpha value is -3.28. The molecule has 2 N–H and O–H groups in total. The first kappa shape index (κ1) is 28.8. The Labute approximate surface area is 245 Å².